The number of anilines is 2. The van der Waals surface area contributed by atoms with E-state index >= 15 is 0 Å². The van der Waals surface area contributed by atoms with E-state index < -0.39 is 0 Å². The van der Waals surface area contributed by atoms with Crippen molar-refractivity contribution in [1.29, 1.82) is 0 Å². The lowest BCUT2D eigenvalue weighted by Crippen LogP contribution is -1.97. The molecule has 0 fully saturated rings. The number of rotatable bonds is 2. The third-order valence-corrected chi connectivity index (χ3v) is 4.54. The van der Waals surface area contributed by atoms with Crippen LogP contribution in [0.3, 0.4) is 0 Å². The van der Waals surface area contributed by atoms with Gasteiger partial charge in [-0.25, -0.2) is 9.97 Å². The average Bonchev–Trinajstić information content (AvgIpc) is 2.69. The SMILES string of the molecule is Cc1cc(O)ccc1Nc1ncnc2sc(C)c(C)c12. The first-order valence-corrected chi connectivity index (χ1v) is 7.15. The minimum Gasteiger partial charge on any atom is -0.508 e. The summed E-state index contributed by atoms with van der Waals surface area (Å²) in [5.41, 5.74) is 3.12. The summed E-state index contributed by atoms with van der Waals surface area (Å²) in [7, 11) is 0. The van der Waals surface area contributed by atoms with Crippen molar-refractivity contribution in [3.63, 3.8) is 0 Å². The van der Waals surface area contributed by atoms with E-state index in [1.54, 1.807) is 29.8 Å². The Morgan fingerprint density at radius 1 is 1.15 bits per heavy atom. The second-order valence-electron chi connectivity index (χ2n) is 4.81. The standard InChI is InChI=1S/C15H15N3OS/c1-8-6-11(19)4-5-12(8)18-14-13-9(2)10(3)20-15(13)17-7-16-14/h4-7,19H,1-3H3,(H,16,17,18). The van der Waals surface area contributed by atoms with Gasteiger partial charge >= 0.3 is 0 Å². The normalized spacial score (nSPS) is 10.9. The summed E-state index contributed by atoms with van der Waals surface area (Å²) in [4.78, 5) is 10.9. The first kappa shape index (κ1) is 12.9. The maximum absolute atomic E-state index is 9.47. The molecule has 0 aliphatic carbocycles. The summed E-state index contributed by atoms with van der Waals surface area (Å²) < 4.78 is 0. The molecule has 0 aliphatic rings. The molecule has 0 unspecified atom stereocenters. The van der Waals surface area contributed by atoms with Gasteiger partial charge < -0.3 is 10.4 Å². The van der Waals surface area contributed by atoms with Gasteiger partial charge in [0.05, 0.1) is 5.39 Å². The van der Waals surface area contributed by atoms with Crippen molar-refractivity contribution in [2.75, 3.05) is 5.32 Å². The molecule has 0 aliphatic heterocycles. The highest BCUT2D eigenvalue weighted by Gasteiger charge is 2.12. The largest absolute Gasteiger partial charge is 0.508 e. The van der Waals surface area contributed by atoms with Gasteiger partial charge in [-0.1, -0.05) is 0 Å². The van der Waals surface area contributed by atoms with Crippen molar-refractivity contribution in [2.24, 2.45) is 0 Å². The first-order chi connectivity index (χ1) is 9.56. The second kappa shape index (κ2) is 4.76. The van der Waals surface area contributed by atoms with Crippen molar-refractivity contribution < 1.29 is 5.11 Å². The number of aromatic nitrogens is 2. The molecule has 0 spiro atoms. The Labute approximate surface area is 121 Å². The topological polar surface area (TPSA) is 58.0 Å². The molecule has 2 N–H and O–H groups in total. The van der Waals surface area contributed by atoms with E-state index in [0.717, 1.165) is 27.3 Å². The van der Waals surface area contributed by atoms with Gasteiger partial charge in [-0.2, -0.15) is 0 Å². The Balaban J connectivity index is 2.11. The fourth-order valence-electron chi connectivity index (χ4n) is 2.19. The molecule has 0 amide bonds. The number of phenols is 1. The Morgan fingerprint density at radius 3 is 2.70 bits per heavy atom. The van der Waals surface area contributed by atoms with E-state index in [9.17, 15) is 5.11 Å². The van der Waals surface area contributed by atoms with Crippen LogP contribution in [-0.2, 0) is 0 Å². The zero-order valence-corrected chi connectivity index (χ0v) is 12.4. The van der Waals surface area contributed by atoms with E-state index in [2.05, 4.69) is 29.1 Å². The summed E-state index contributed by atoms with van der Waals surface area (Å²) in [5, 5.41) is 13.9. The van der Waals surface area contributed by atoms with Crippen LogP contribution in [0, 0.1) is 20.8 Å². The maximum Gasteiger partial charge on any atom is 0.142 e. The third-order valence-electron chi connectivity index (χ3n) is 3.43. The van der Waals surface area contributed by atoms with Gasteiger partial charge in [0.25, 0.3) is 0 Å². The molecule has 5 heteroatoms. The van der Waals surface area contributed by atoms with Gasteiger partial charge in [-0.3, -0.25) is 0 Å². The summed E-state index contributed by atoms with van der Waals surface area (Å²) in [5.74, 6) is 1.08. The van der Waals surface area contributed by atoms with Crippen LogP contribution in [0.4, 0.5) is 11.5 Å². The number of hydrogen-bond acceptors (Lipinski definition) is 5. The number of nitrogens with zero attached hydrogens (tertiary/aromatic N) is 2. The van der Waals surface area contributed by atoms with Gasteiger partial charge in [-0.05, 0) is 50.1 Å². The second-order valence-corrected chi connectivity index (χ2v) is 6.01. The van der Waals surface area contributed by atoms with E-state index in [-0.39, 0.29) is 5.75 Å². The molecule has 0 bridgehead atoms. The molecule has 0 saturated carbocycles. The number of fused-ring (bicyclic) bond motifs is 1. The molecular formula is C15H15N3OS. The van der Waals surface area contributed by atoms with Crippen LogP contribution >= 0.6 is 11.3 Å². The van der Waals surface area contributed by atoms with Gasteiger partial charge in [0.2, 0.25) is 0 Å². The molecule has 3 aromatic rings. The van der Waals surface area contributed by atoms with Crippen LogP contribution in [-0.4, -0.2) is 15.1 Å². The maximum atomic E-state index is 9.47. The molecule has 0 saturated heterocycles. The lowest BCUT2D eigenvalue weighted by Gasteiger charge is -2.10. The summed E-state index contributed by atoms with van der Waals surface area (Å²) in [6, 6.07) is 5.25. The average molecular weight is 285 g/mol. The zero-order chi connectivity index (χ0) is 14.3. The third kappa shape index (κ3) is 2.10. The van der Waals surface area contributed by atoms with Gasteiger partial charge in [0.1, 0.15) is 22.7 Å². The molecule has 2 aromatic heterocycles. The van der Waals surface area contributed by atoms with E-state index in [1.165, 1.54) is 10.4 Å². The number of benzene rings is 1. The lowest BCUT2D eigenvalue weighted by atomic mass is 10.1. The quantitative estimate of drug-likeness (QED) is 0.697. The number of phenolic OH excluding ortho intramolecular Hbond substituents is 1. The molecule has 20 heavy (non-hydrogen) atoms. The highest BCUT2D eigenvalue weighted by atomic mass is 32.1. The summed E-state index contributed by atoms with van der Waals surface area (Å²) in [6.07, 6.45) is 1.58. The molecule has 1 aromatic carbocycles. The van der Waals surface area contributed by atoms with E-state index in [0.29, 0.717) is 0 Å². The molecule has 4 nitrogen and oxygen atoms in total. The van der Waals surface area contributed by atoms with Crippen molar-refractivity contribution >= 4 is 33.1 Å². The summed E-state index contributed by atoms with van der Waals surface area (Å²) in [6.45, 7) is 6.13. The lowest BCUT2D eigenvalue weighted by molar-refractivity contribution is 0.475. The van der Waals surface area contributed by atoms with Crippen LogP contribution in [0.1, 0.15) is 16.0 Å². The number of hydrogen-bond donors (Lipinski definition) is 2. The van der Waals surface area contributed by atoms with Gasteiger partial charge in [-0.15, -0.1) is 11.3 Å². The van der Waals surface area contributed by atoms with E-state index in [4.69, 9.17) is 0 Å². The van der Waals surface area contributed by atoms with Gasteiger partial charge in [0.15, 0.2) is 0 Å². The number of aromatic hydroxyl groups is 1. The summed E-state index contributed by atoms with van der Waals surface area (Å²) >= 11 is 1.68. The van der Waals surface area contributed by atoms with Crippen molar-refractivity contribution in [2.45, 2.75) is 20.8 Å². The van der Waals surface area contributed by atoms with Crippen molar-refractivity contribution in [3.8, 4) is 5.75 Å². The van der Waals surface area contributed by atoms with Crippen molar-refractivity contribution in [3.05, 3.63) is 40.5 Å². The molecule has 0 atom stereocenters. The fraction of sp³-hybridized carbons (Fsp3) is 0.200. The molecular weight excluding hydrogens is 270 g/mol. The Hall–Kier alpha value is -2.14. The minimum atomic E-state index is 0.267. The molecule has 2 heterocycles. The Bertz CT molecular complexity index is 795. The number of nitrogens with one attached hydrogen (secondary N) is 1. The Morgan fingerprint density at radius 2 is 1.95 bits per heavy atom. The predicted octanol–water partition coefficient (Wildman–Crippen LogP) is 4.07. The molecule has 0 radical (unpaired) electrons. The van der Waals surface area contributed by atoms with Crippen LogP contribution < -0.4 is 5.32 Å². The first-order valence-electron chi connectivity index (χ1n) is 6.33. The minimum absolute atomic E-state index is 0.267. The number of aryl methyl sites for hydroxylation is 3. The highest BCUT2D eigenvalue weighted by Crippen LogP contribution is 2.34. The van der Waals surface area contributed by atoms with Crippen LogP contribution in [0.15, 0.2) is 24.5 Å². The van der Waals surface area contributed by atoms with Crippen LogP contribution in [0.2, 0.25) is 0 Å². The molecule has 102 valence electrons. The van der Waals surface area contributed by atoms with Gasteiger partial charge in [0, 0.05) is 10.6 Å². The fourth-order valence-corrected chi connectivity index (χ4v) is 3.19. The van der Waals surface area contributed by atoms with Crippen molar-refractivity contribution in [1.82, 2.24) is 9.97 Å². The predicted molar refractivity (Wildman–Crippen MR) is 83.0 cm³/mol. The van der Waals surface area contributed by atoms with Crippen LogP contribution in [0.5, 0.6) is 5.75 Å². The number of thiophene rings is 1. The smallest absolute Gasteiger partial charge is 0.142 e. The monoisotopic (exact) mass is 285 g/mol. The zero-order valence-electron chi connectivity index (χ0n) is 11.6. The Kier molecular flexibility index (Phi) is 3.06. The highest BCUT2D eigenvalue weighted by molar-refractivity contribution is 7.18. The molecule has 3 rings (SSSR count). The van der Waals surface area contributed by atoms with E-state index in [1.807, 2.05) is 13.0 Å². The van der Waals surface area contributed by atoms with Crippen LogP contribution in [0.25, 0.3) is 10.2 Å².